The smallest absolute Gasteiger partial charge is 0.0530 e. The van der Waals surface area contributed by atoms with Crippen LogP contribution in [0.3, 0.4) is 0 Å². The number of hydrogen-bond acceptors (Lipinski definition) is 2. The van der Waals surface area contributed by atoms with Crippen LogP contribution in [0, 0.1) is 6.92 Å². The Bertz CT molecular complexity index is 509. The lowest BCUT2D eigenvalue weighted by molar-refractivity contribution is 1.42. The average Bonchev–Trinajstić information content (AvgIpc) is 2.25. The third-order valence-electron chi connectivity index (χ3n) is 2.41. The van der Waals surface area contributed by atoms with Crippen molar-refractivity contribution in [3.8, 4) is 0 Å². The number of anilines is 3. The topological polar surface area (TPSA) is 38.0 Å². The summed E-state index contributed by atoms with van der Waals surface area (Å²) >= 11 is 3.49. The molecule has 82 valence electrons. The molecule has 0 heterocycles. The first-order valence-electron chi connectivity index (χ1n) is 5.04. The molecule has 0 aromatic heterocycles. The van der Waals surface area contributed by atoms with Crippen LogP contribution < -0.4 is 11.1 Å². The van der Waals surface area contributed by atoms with Gasteiger partial charge in [-0.05, 0) is 52.7 Å². The van der Waals surface area contributed by atoms with Crippen molar-refractivity contribution in [3.05, 3.63) is 52.5 Å². The summed E-state index contributed by atoms with van der Waals surface area (Å²) in [7, 11) is 0. The molecule has 0 bridgehead atoms. The van der Waals surface area contributed by atoms with Gasteiger partial charge in [0.25, 0.3) is 0 Å². The van der Waals surface area contributed by atoms with Gasteiger partial charge in [0, 0.05) is 15.8 Å². The molecule has 3 N–H and O–H groups in total. The zero-order chi connectivity index (χ0) is 11.5. The first-order valence-corrected chi connectivity index (χ1v) is 5.84. The molecular formula is C13H13BrN2. The summed E-state index contributed by atoms with van der Waals surface area (Å²) in [5.41, 5.74) is 9.78. The van der Waals surface area contributed by atoms with Crippen LogP contribution in [0.25, 0.3) is 0 Å². The first-order chi connectivity index (χ1) is 7.66. The minimum atomic E-state index is 0.752. The first kappa shape index (κ1) is 11.0. The normalized spacial score (nSPS) is 10.1. The maximum atomic E-state index is 5.69. The highest BCUT2D eigenvalue weighted by atomic mass is 79.9. The molecule has 2 aromatic rings. The number of rotatable bonds is 2. The minimum absolute atomic E-state index is 0.752. The molecule has 2 nitrogen and oxygen atoms in total. The van der Waals surface area contributed by atoms with E-state index in [0.717, 1.165) is 21.5 Å². The largest absolute Gasteiger partial charge is 0.399 e. The Labute approximate surface area is 104 Å². The summed E-state index contributed by atoms with van der Waals surface area (Å²) < 4.78 is 0.968. The van der Waals surface area contributed by atoms with E-state index in [1.54, 1.807) is 0 Å². The molecule has 3 heteroatoms. The van der Waals surface area contributed by atoms with Crippen LogP contribution in [0.5, 0.6) is 0 Å². The van der Waals surface area contributed by atoms with Gasteiger partial charge in [-0.25, -0.2) is 0 Å². The molecule has 0 fully saturated rings. The Morgan fingerprint density at radius 2 is 1.81 bits per heavy atom. The lowest BCUT2D eigenvalue weighted by atomic mass is 10.2. The van der Waals surface area contributed by atoms with Crippen LogP contribution in [0.1, 0.15) is 5.56 Å². The molecule has 0 aliphatic heterocycles. The third kappa shape index (κ3) is 2.36. The molecule has 0 amide bonds. The highest BCUT2D eigenvalue weighted by Gasteiger charge is 2.02. The molecule has 0 aliphatic carbocycles. The Hall–Kier alpha value is -1.48. The molecule has 0 unspecified atom stereocenters. The lowest BCUT2D eigenvalue weighted by Gasteiger charge is -2.11. The zero-order valence-corrected chi connectivity index (χ0v) is 10.6. The summed E-state index contributed by atoms with van der Waals surface area (Å²) in [5.74, 6) is 0. The van der Waals surface area contributed by atoms with Gasteiger partial charge in [-0.15, -0.1) is 0 Å². The van der Waals surface area contributed by atoms with Crippen molar-refractivity contribution in [2.24, 2.45) is 0 Å². The number of hydrogen-bond donors (Lipinski definition) is 2. The maximum Gasteiger partial charge on any atom is 0.0530 e. The van der Waals surface area contributed by atoms with Gasteiger partial charge in [-0.2, -0.15) is 0 Å². The van der Waals surface area contributed by atoms with Crippen LogP contribution in [0.4, 0.5) is 17.1 Å². The molecule has 0 spiro atoms. The van der Waals surface area contributed by atoms with Gasteiger partial charge in [-0.1, -0.05) is 18.2 Å². The van der Waals surface area contributed by atoms with Crippen LogP contribution in [0.15, 0.2) is 46.9 Å². The molecule has 0 aliphatic rings. The second-order valence-electron chi connectivity index (χ2n) is 3.68. The number of nitrogens with two attached hydrogens (primary N) is 1. The van der Waals surface area contributed by atoms with Crippen LogP contribution >= 0.6 is 15.9 Å². The minimum Gasteiger partial charge on any atom is -0.399 e. The van der Waals surface area contributed by atoms with E-state index in [-0.39, 0.29) is 0 Å². The molecule has 0 atom stereocenters. The Balaban J connectivity index is 2.31. The predicted octanol–water partition coefficient (Wildman–Crippen LogP) is 4.08. The van der Waals surface area contributed by atoms with Crippen molar-refractivity contribution in [1.82, 2.24) is 0 Å². The van der Waals surface area contributed by atoms with E-state index < -0.39 is 0 Å². The molecule has 16 heavy (non-hydrogen) atoms. The van der Waals surface area contributed by atoms with Gasteiger partial charge in [-0.3, -0.25) is 0 Å². The quantitative estimate of drug-likeness (QED) is 0.811. The van der Waals surface area contributed by atoms with E-state index in [2.05, 4.69) is 40.3 Å². The molecule has 0 saturated carbocycles. The molecule has 0 radical (unpaired) electrons. The van der Waals surface area contributed by atoms with E-state index in [4.69, 9.17) is 5.73 Å². The number of benzene rings is 2. The van der Waals surface area contributed by atoms with Crippen molar-refractivity contribution >= 4 is 33.0 Å². The molecule has 2 rings (SSSR count). The van der Waals surface area contributed by atoms with Crippen molar-refractivity contribution in [3.63, 3.8) is 0 Å². The SMILES string of the molecule is Cc1ccccc1Nc1ccc(N)cc1Br. The number of para-hydroxylation sites is 1. The number of halogens is 1. The number of nitrogen functional groups attached to an aromatic ring is 1. The van der Waals surface area contributed by atoms with Crippen LogP contribution in [0.2, 0.25) is 0 Å². The van der Waals surface area contributed by atoms with Crippen molar-refractivity contribution in [2.75, 3.05) is 11.1 Å². The average molecular weight is 277 g/mol. The summed E-state index contributed by atoms with van der Waals surface area (Å²) in [5, 5.41) is 3.37. The summed E-state index contributed by atoms with van der Waals surface area (Å²) in [4.78, 5) is 0. The fourth-order valence-corrected chi connectivity index (χ4v) is 1.99. The van der Waals surface area contributed by atoms with Gasteiger partial charge in [0.1, 0.15) is 0 Å². The maximum absolute atomic E-state index is 5.69. The van der Waals surface area contributed by atoms with E-state index >= 15 is 0 Å². The van der Waals surface area contributed by atoms with Gasteiger partial charge >= 0.3 is 0 Å². The second-order valence-corrected chi connectivity index (χ2v) is 4.53. The fraction of sp³-hybridized carbons (Fsp3) is 0.0769. The summed E-state index contributed by atoms with van der Waals surface area (Å²) in [6, 6.07) is 13.9. The van der Waals surface area contributed by atoms with Gasteiger partial charge in [0.2, 0.25) is 0 Å². The van der Waals surface area contributed by atoms with Gasteiger partial charge in [0.05, 0.1) is 5.69 Å². The van der Waals surface area contributed by atoms with Crippen molar-refractivity contribution in [1.29, 1.82) is 0 Å². The van der Waals surface area contributed by atoms with Gasteiger partial charge < -0.3 is 11.1 Å². The van der Waals surface area contributed by atoms with Crippen molar-refractivity contribution < 1.29 is 0 Å². The highest BCUT2D eigenvalue weighted by molar-refractivity contribution is 9.10. The summed E-state index contributed by atoms with van der Waals surface area (Å²) in [6.07, 6.45) is 0. The highest BCUT2D eigenvalue weighted by Crippen LogP contribution is 2.28. The van der Waals surface area contributed by atoms with Crippen LogP contribution in [-0.4, -0.2) is 0 Å². The van der Waals surface area contributed by atoms with Crippen LogP contribution in [-0.2, 0) is 0 Å². The van der Waals surface area contributed by atoms with E-state index in [1.165, 1.54) is 5.56 Å². The second kappa shape index (κ2) is 4.58. The molecular weight excluding hydrogens is 264 g/mol. The van der Waals surface area contributed by atoms with Gasteiger partial charge in [0.15, 0.2) is 0 Å². The lowest BCUT2D eigenvalue weighted by Crippen LogP contribution is -1.94. The van der Waals surface area contributed by atoms with E-state index in [9.17, 15) is 0 Å². The Morgan fingerprint density at radius 1 is 1.06 bits per heavy atom. The standard InChI is InChI=1S/C13H13BrN2/c1-9-4-2-3-5-12(9)16-13-7-6-10(15)8-11(13)14/h2-8,16H,15H2,1H3. The van der Waals surface area contributed by atoms with E-state index in [1.807, 2.05) is 30.3 Å². The number of nitrogens with one attached hydrogen (secondary N) is 1. The van der Waals surface area contributed by atoms with Crippen molar-refractivity contribution in [2.45, 2.75) is 6.92 Å². The Morgan fingerprint density at radius 3 is 2.50 bits per heavy atom. The monoisotopic (exact) mass is 276 g/mol. The fourth-order valence-electron chi connectivity index (χ4n) is 1.49. The third-order valence-corrected chi connectivity index (χ3v) is 3.06. The Kier molecular flexibility index (Phi) is 3.15. The van der Waals surface area contributed by atoms with E-state index in [0.29, 0.717) is 0 Å². The number of aryl methyl sites for hydroxylation is 1. The summed E-state index contributed by atoms with van der Waals surface area (Å²) in [6.45, 7) is 2.08. The zero-order valence-electron chi connectivity index (χ0n) is 9.00. The molecule has 2 aromatic carbocycles. The predicted molar refractivity (Wildman–Crippen MR) is 73.0 cm³/mol. The molecule has 0 saturated heterocycles.